The maximum atomic E-state index is 16.4. The summed E-state index contributed by atoms with van der Waals surface area (Å²) in [5.41, 5.74) is 3.70. The average molecular weight is 632 g/mol. The number of terminal acetylenes is 1. The number of nitrogens with one attached hydrogen (secondary N) is 1. The van der Waals surface area contributed by atoms with E-state index in [0.717, 1.165) is 12.8 Å². The third-order valence-corrected chi connectivity index (χ3v) is 8.85. The first kappa shape index (κ1) is 31.6. The van der Waals surface area contributed by atoms with Crippen molar-refractivity contribution < 1.29 is 37.4 Å². The second kappa shape index (κ2) is 12.3. The Labute approximate surface area is 253 Å². The van der Waals surface area contributed by atoms with Crippen LogP contribution in [0.2, 0.25) is 0 Å². The first-order chi connectivity index (χ1) is 20.8. The third kappa shape index (κ3) is 6.36. The average Bonchev–Trinajstić information content (AvgIpc) is 3.70. The molecule has 0 unspecified atom stereocenters. The number of benzene rings is 1. The van der Waals surface area contributed by atoms with Crippen LogP contribution in [0.3, 0.4) is 0 Å². The van der Waals surface area contributed by atoms with E-state index in [0.29, 0.717) is 11.3 Å². The maximum absolute atomic E-state index is 16.4. The largest absolute Gasteiger partial charge is 0.462 e. The highest BCUT2D eigenvalue weighted by atomic mass is 31.2. The lowest BCUT2D eigenvalue weighted by Gasteiger charge is -2.25. The summed E-state index contributed by atoms with van der Waals surface area (Å²) in [7, 11) is -2.49. The number of hydrogen-bond donors (Lipinski definition) is 3. The fourth-order valence-electron chi connectivity index (χ4n) is 4.79. The van der Waals surface area contributed by atoms with E-state index in [2.05, 4.69) is 20.0 Å². The minimum Gasteiger partial charge on any atom is -0.462 e. The Morgan fingerprint density at radius 1 is 1.34 bits per heavy atom. The van der Waals surface area contributed by atoms with Gasteiger partial charge in [-0.2, -0.15) is 15.1 Å². The number of hydrogen-bond acceptors (Lipinski definition) is 12. The second-order valence-corrected chi connectivity index (χ2v) is 12.7. The van der Waals surface area contributed by atoms with Crippen molar-refractivity contribution in [3.05, 3.63) is 36.7 Å². The lowest BCUT2D eigenvalue weighted by atomic mass is 9.97. The van der Waals surface area contributed by atoms with E-state index in [-0.39, 0.29) is 23.4 Å². The number of para-hydroxylation sites is 1. The zero-order chi connectivity index (χ0) is 31.8. The highest BCUT2D eigenvalue weighted by molar-refractivity contribution is 7.52. The molecule has 0 spiro atoms. The van der Waals surface area contributed by atoms with E-state index in [4.69, 9.17) is 30.7 Å². The number of rotatable bonds is 12. The van der Waals surface area contributed by atoms with Gasteiger partial charge in [0.1, 0.15) is 24.0 Å². The van der Waals surface area contributed by atoms with Crippen LogP contribution < -0.4 is 20.2 Å². The number of carbonyl (C=O) groups is 1. The number of carbonyl (C=O) groups excluding carboxylic acids is 1. The molecule has 2 aromatic heterocycles. The van der Waals surface area contributed by atoms with Gasteiger partial charge in [-0.25, -0.2) is 13.9 Å². The first-order valence-corrected chi connectivity index (χ1v) is 15.6. The molecule has 1 saturated carbocycles. The molecule has 0 amide bonds. The van der Waals surface area contributed by atoms with Gasteiger partial charge in [-0.05, 0) is 45.7 Å². The predicted octanol–water partition coefficient (Wildman–Crippen LogP) is 2.74. The normalized spacial score (nSPS) is 25.4. The molecule has 3 aromatic rings. The quantitative estimate of drug-likeness (QED) is 0.151. The summed E-state index contributed by atoms with van der Waals surface area (Å²) in [6, 6.07) is 7.23. The predicted molar refractivity (Wildman–Crippen MR) is 158 cm³/mol. The van der Waals surface area contributed by atoms with Gasteiger partial charge in [0.15, 0.2) is 23.2 Å². The van der Waals surface area contributed by atoms with Crippen molar-refractivity contribution in [3.8, 4) is 18.1 Å². The molecule has 2 fully saturated rings. The Morgan fingerprint density at radius 2 is 2.05 bits per heavy atom. The lowest BCUT2D eigenvalue weighted by Crippen LogP contribution is -2.42. The molecule has 6 atom stereocenters. The summed E-state index contributed by atoms with van der Waals surface area (Å²) >= 11 is 0. The maximum Gasteiger partial charge on any atom is 0.459 e. The zero-order valence-electron chi connectivity index (χ0n) is 24.7. The SMILES string of the molecule is C#C[C@@]1(F)[C@H](O)[C@@H](CO[P@@](=O)(N[C@@H](C)C(=O)OC(C)C)Oc2ccccc2)O[C@H]1n1cnc2c(N(C)C3CC3)nc(N)nc21. The van der Waals surface area contributed by atoms with E-state index in [1.54, 1.807) is 32.0 Å². The molecular formula is C28H35FN7O7P. The Kier molecular flexibility index (Phi) is 8.84. The van der Waals surface area contributed by atoms with E-state index in [9.17, 15) is 14.5 Å². The molecule has 236 valence electrons. The number of nitrogen functional groups attached to an aromatic ring is 1. The number of nitrogens with zero attached hydrogens (tertiary/aromatic N) is 5. The van der Waals surface area contributed by atoms with Crippen LogP contribution in [0.4, 0.5) is 16.2 Å². The van der Waals surface area contributed by atoms with Gasteiger partial charge in [0, 0.05) is 13.1 Å². The summed E-state index contributed by atoms with van der Waals surface area (Å²) in [4.78, 5) is 27.3. The molecule has 2 aliphatic rings. The van der Waals surface area contributed by atoms with Crippen LogP contribution >= 0.6 is 7.75 Å². The molecule has 5 rings (SSSR count). The van der Waals surface area contributed by atoms with Gasteiger partial charge in [0.2, 0.25) is 11.6 Å². The first-order valence-electron chi connectivity index (χ1n) is 14.1. The molecule has 1 aromatic carbocycles. The number of aromatic nitrogens is 4. The molecule has 4 N–H and O–H groups in total. The Hall–Kier alpha value is -3.80. The molecule has 1 saturated heterocycles. The van der Waals surface area contributed by atoms with Crippen LogP contribution in [-0.4, -0.2) is 80.3 Å². The van der Waals surface area contributed by atoms with Crippen molar-refractivity contribution >= 4 is 36.6 Å². The second-order valence-electron chi connectivity index (χ2n) is 11.0. The molecule has 3 heterocycles. The van der Waals surface area contributed by atoms with Gasteiger partial charge in [0.05, 0.1) is 19.0 Å². The van der Waals surface area contributed by atoms with Crippen LogP contribution in [-0.2, 0) is 23.4 Å². The van der Waals surface area contributed by atoms with Crippen molar-refractivity contribution in [1.29, 1.82) is 0 Å². The summed E-state index contributed by atoms with van der Waals surface area (Å²) in [5, 5.41) is 13.6. The minimum absolute atomic E-state index is 0.0690. The molecule has 44 heavy (non-hydrogen) atoms. The van der Waals surface area contributed by atoms with Gasteiger partial charge < -0.3 is 29.7 Å². The Balaban J connectivity index is 1.40. The number of aliphatic hydroxyl groups is 1. The fraction of sp³-hybridized carbons (Fsp3) is 0.500. The third-order valence-electron chi connectivity index (χ3n) is 7.20. The van der Waals surface area contributed by atoms with Crippen molar-refractivity contribution in [2.75, 3.05) is 24.3 Å². The van der Waals surface area contributed by atoms with E-state index in [1.165, 1.54) is 30.0 Å². The summed E-state index contributed by atoms with van der Waals surface area (Å²) in [6.45, 7) is 4.11. The number of anilines is 2. The summed E-state index contributed by atoms with van der Waals surface area (Å²) in [5.74, 6) is 1.86. The van der Waals surface area contributed by atoms with Crippen molar-refractivity contribution in [3.63, 3.8) is 0 Å². The highest BCUT2D eigenvalue weighted by Gasteiger charge is 2.58. The molecule has 0 radical (unpaired) electrons. The Bertz CT molecular complexity index is 1600. The summed E-state index contributed by atoms with van der Waals surface area (Å²) in [6.07, 6.45) is 3.44. The van der Waals surface area contributed by atoms with Gasteiger partial charge in [-0.3, -0.25) is 13.9 Å². The smallest absolute Gasteiger partial charge is 0.459 e. The molecule has 16 heteroatoms. The minimum atomic E-state index is -4.35. The van der Waals surface area contributed by atoms with E-state index in [1.807, 2.05) is 17.9 Å². The van der Waals surface area contributed by atoms with Crippen molar-refractivity contribution in [1.82, 2.24) is 24.6 Å². The number of halogens is 1. The summed E-state index contributed by atoms with van der Waals surface area (Å²) < 4.78 is 53.8. The van der Waals surface area contributed by atoms with Crippen molar-refractivity contribution in [2.45, 2.75) is 75.9 Å². The number of fused-ring (bicyclic) bond motifs is 1. The van der Waals surface area contributed by atoms with Crippen LogP contribution in [0.5, 0.6) is 5.75 Å². The van der Waals surface area contributed by atoms with Crippen LogP contribution in [0.15, 0.2) is 36.7 Å². The van der Waals surface area contributed by atoms with Crippen molar-refractivity contribution in [2.24, 2.45) is 0 Å². The topological polar surface area (TPSA) is 176 Å². The number of alkyl halides is 1. The van der Waals surface area contributed by atoms with Gasteiger partial charge in [0.25, 0.3) is 0 Å². The van der Waals surface area contributed by atoms with Gasteiger partial charge in [-0.15, -0.1) is 6.42 Å². The number of esters is 1. The Morgan fingerprint density at radius 3 is 2.68 bits per heavy atom. The highest BCUT2D eigenvalue weighted by Crippen LogP contribution is 2.48. The van der Waals surface area contributed by atoms with Crippen LogP contribution in [0.25, 0.3) is 11.2 Å². The van der Waals surface area contributed by atoms with Gasteiger partial charge >= 0.3 is 13.7 Å². The molecule has 1 aliphatic heterocycles. The fourth-order valence-corrected chi connectivity index (χ4v) is 6.29. The standard InChI is InChI=1S/C28H35FN7O7P/c1-6-28(29)22(37)20(14-40-44(39,43-19-10-8-7-9-11-19)34-17(4)25(38)41-16(2)3)42-26(28)36-15-31-21-23(35(5)18-12-13-18)32-27(30)33-24(21)36/h1,7-11,15-18,20,22,26,37H,12-14H2,2-5H3,(H,34,39)(H2,30,32,33)/t17-,20+,22+,26+,28+,44-/m0/s1. The number of imidazole rings is 1. The molecule has 14 nitrogen and oxygen atoms in total. The van der Waals surface area contributed by atoms with Gasteiger partial charge in [-0.1, -0.05) is 24.1 Å². The zero-order valence-corrected chi connectivity index (χ0v) is 25.6. The molecule has 1 aliphatic carbocycles. The van der Waals surface area contributed by atoms with Crippen LogP contribution in [0, 0.1) is 12.3 Å². The van der Waals surface area contributed by atoms with Crippen LogP contribution in [0.1, 0.15) is 39.8 Å². The monoisotopic (exact) mass is 631 g/mol. The number of aliphatic hydroxyl groups excluding tert-OH is 1. The molecular weight excluding hydrogens is 596 g/mol. The molecule has 0 bridgehead atoms. The van der Waals surface area contributed by atoms with E-state index < -0.39 is 56.6 Å². The van der Waals surface area contributed by atoms with E-state index >= 15 is 4.39 Å². The number of ether oxygens (including phenoxy) is 2. The number of nitrogens with two attached hydrogens (primary N) is 1. The lowest BCUT2D eigenvalue weighted by molar-refractivity contribution is -0.149.